The Hall–Kier alpha value is 0.686. The van der Waals surface area contributed by atoms with Crippen LogP contribution in [-0.4, -0.2) is 69.5 Å². The molecule has 0 bridgehead atoms. The molecule has 0 rings (SSSR count). The van der Waals surface area contributed by atoms with Crippen LogP contribution in [0.4, 0.5) is 26.5 Å². The van der Waals surface area contributed by atoms with Gasteiger partial charge in [0.1, 0.15) is 0 Å². The average Bonchev–Trinajstić information content (AvgIpc) is 1.83. The summed E-state index contributed by atoms with van der Waals surface area (Å²) in [5.74, 6) is -9.06. The summed E-state index contributed by atoms with van der Waals surface area (Å²) in [7, 11) is 0. The molecule has 68 valence electrons. The molecular formula is C3HF6KO2. The predicted octanol–water partition coefficient (Wildman–Crippen LogP) is 0.963. The molecule has 2 nitrogen and oxygen atoms in total. The van der Waals surface area contributed by atoms with Gasteiger partial charge in [0.15, 0.2) is 0 Å². The third-order valence-corrected chi connectivity index (χ3v) is 0.682. The summed E-state index contributed by atoms with van der Waals surface area (Å²) in [6, 6.07) is 0. The summed E-state index contributed by atoms with van der Waals surface area (Å²) in [6.45, 7) is 0. The van der Waals surface area contributed by atoms with E-state index in [4.69, 9.17) is 0 Å². The van der Waals surface area contributed by atoms with Gasteiger partial charge in [0.05, 0.1) is 0 Å². The van der Waals surface area contributed by atoms with Crippen molar-refractivity contribution in [3.63, 3.8) is 0 Å². The first-order valence-corrected chi connectivity index (χ1v) is 2.01. The van der Waals surface area contributed by atoms with Crippen LogP contribution in [0.3, 0.4) is 0 Å². The van der Waals surface area contributed by atoms with E-state index in [9.17, 15) is 31.3 Å². The summed E-state index contributed by atoms with van der Waals surface area (Å²) in [6.07, 6.45) is -6.13. The Labute approximate surface area is 105 Å². The van der Waals surface area contributed by atoms with Crippen LogP contribution in [0.1, 0.15) is 0 Å². The number of hydrogen-bond donors (Lipinski definition) is 0. The second-order valence-corrected chi connectivity index (χ2v) is 1.44. The van der Waals surface area contributed by atoms with E-state index >= 15 is 0 Å². The van der Waals surface area contributed by atoms with Crippen LogP contribution in [0, 0.1) is 0 Å². The molecule has 0 spiro atoms. The topological polar surface area (TPSA) is 26.3 Å². The van der Waals surface area contributed by atoms with E-state index in [2.05, 4.69) is 0 Å². The zero-order valence-corrected chi connectivity index (χ0v) is 4.58. The number of carbonyl (C=O) groups is 1. The Bertz CT molecular complexity index is 165. The summed E-state index contributed by atoms with van der Waals surface area (Å²) in [4.78, 5) is 11.1. The van der Waals surface area contributed by atoms with Crippen molar-refractivity contribution in [2.45, 2.75) is 12.1 Å². The molecule has 0 fully saturated rings. The molecule has 0 aromatic rings. The van der Waals surface area contributed by atoms with E-state index in [-0.39, 0.29) is 51.4 Å². The van der Waals surface area contributed by atoms with Crippen molar-refractivity contribution in [2.24, 2.45) is 0 Å². The van der Waals surface area contributed by atoms with Crippen LogP contribution < -0.4 is 0 Å². The van der Waals surface area contributed by atoms with Crippen molar-refractivity contribution in [1.82, 2.24) is 0 Å². The molecule has 0 unspecified atom stereocenters. The molecule has 0 heterocycles. The average molecular weight is 222 g/mol. The van der Waals surface area contributed by atoms with Crippen molar-refractivity contribution in [3.8, 4) is 0 Å². The van der Waals surface area contributed by atoms with Crippen molar-refractivity contribution in [1.29, 1.82) is 0 Å². The van der Waals surface area contributed by atoms with Gasteiger partial charge >= 0.3 is 69.5 Å². The first kappa shape index (κ1) is 15.2. The Kier molecular flexibility index (Phi) is 6.06. The van der Waals surface area contributed by atoms with Crippen molar-refractivity contribution < 1.29 is 36.2 Å². The molecule has 9 heteroatoms. The van der Waals surface area contributed by atoms with E-state index in [0.717, 1.165) is 0 Å². The Morgan fingerprint density at radius 2 is 1.42 bits per heavy atom. The number of halogens is 6. The zero-order chi connectivity index (χ0) is 9.28. The van der Waals surface area contributed by atoms with Gasteiger partial charge in [-0.2, -0.15) is 22.0 Å². The third kappa shape index (κ3) is 3.21. The molecule has 0 amide bonds. The number of carbonyl (C=O) groups excluding carboxylic acids is 1. The van der Waals surface area contributed by atoms with E-state index in [0.29, 0.717) is 0 Å². The van der Waals surface area contributed by atoms with Gasteiger partial charge in [-0.1, -0.05) is 0 Å². The van der Waals surface area contributed by atoms with Gasteiger partial charge in [-0.25, -0.2) is 9.74 Å². The van der Waals surface area contributed by atoms with Gasteiger partial charge in [0.2, 0.25) is 0 Å². The fourth-order valence-corrected chi connectivity index (χ4v) is 0.164. The number of rotatable bonds is 1. The summed E-state index contributed by atoms with van der Waals surface area (Å²) < 4.78 is 66.7. The number of alkyl halides is 5. The summed E-state index contributed by atoms with van der Waals surface area (Å²) in [5, 5.41) is 0. The molecule has 0 aliphatic carbocycles. The molecule has 0 aliphatic heterocycles. The Morgan fingerprint density at radius 3 is 1.50 bits per heavy atom. The van der Waals surface area contributed by atoms with Gasteiger partial charge in [-0.15, -0.1) is 0 Å². The fourth-order valence-electron chi connectivity index (χ4n) is 0.164. The van der Waals surface area contributed by atoms with Crippen LogP contribution in [0.25, 0.3) is 0 Å². The monoisotopic (exact) mass is 222 g/mol. The molecular weight excluding hydrogens is 221 g/mol. The van der Waals surface area contributed by atoms with Crippen LogP contribution >= 0.6 is 0 Å². The fraction of sp³-hybridized carbons (Fsp3) is 0.667. The van der Waals surface area contributed by atoms with Gasteiger partial charge in [0, 0.05) is 4.53 Å². The summed E-state index contributed by atoms with van der Waals surface area (Å²) >= 11 is 0. The molecule has 0 saturated carbocycles. The first-order chi connectivity index (χ1) is 4.73. The second kappa shape index (κ2) is 4.79. The normalized spacial score (nSPS) is 11.8. The molecule has 12 heavy (non-hydrogen) atoms. The molecule has 0 aromatic heterocycles. The van der Waals surface area contributed by atoms with Gasteiger partial charge < -0.3 is 0 Å². The first-order valence-electron chi connectivity index (χ1n) is 2.01. The van der Waals surface area contributed by atoms with Gasteiger partial charge in [0.25, 0.3) is 0 Å². The molecule has 0 N–H and O–H groups in total. The van der Waals surface area contributed by atoms with Crippen molar-refractivity contribution in [3.05, 3.63) is 0 Å². The van der Waals surface area contributed by atoms with E-state index in [1.165, 1.54) is 0 Å². The van der Waals surface area contributed by atoms with Crippen LogP contribution in [0.2, 0.25) is 0 Å². The molecule has 0 atom stereocenters. The van der Waals surface area contributed by atoms with Crippen molar-refractivity contribution in [2.75, 3.05) is 0 Å². The molecule has 0 aliphatic rings. The maximum absolute atomic E-state index is 11.5. The van der Waals surface area contributed by atoms with Crippen LogP contribution in [-0.2, 0) is 9.74 Å². The Morgan fingerprint density at radius 1 is 1.08 bits per heavy atom. The van der Waals surface area contributed by atoms with E-state index < -0.39 is 18.1 Å². The zero-order valence-electron chi connectivity index (χ0n) is 4.58. The van der Waals surface area contributed by atoms with E-state index in [1.54, 1.807) is 4.94 Å². The third-order valence-electron chi connectivity index (χ3n) is 0.682. The predicted molar refractivity (Wildman–Crippen MR) is 25.4 cm³/mol. The quantitative estimate of drug-likeness (QED) is 0.488. The van der Waals surface area contributed by atoms with Crippen LogP contribution in [0.15, 0.2) is 0 Å². The molecule has 0 saturated heterocycles. The maximum atomic E-state index is 11.5. The van der Waals surface area contributed by atoms with Gasteiger partial charge in [-0.05, 0) is 0 Å². The minimum absolute atomic E-state index is 0. The standard InChI is InChI=1S/C3F6O2.K.H/c4-2(5,1(10)11-9)3(6,7)8;;. The molecule has 0 radical (unpaired) electrons. The molecule has 0 aromatic carbocycles. The summed E-state index contributed by atoms with van der Waals surface area (Å²) in [5.41, 5.74) is 0. The van der Waals surface area contributed by atoms with E-state index in [1.807, 2.05) is 0 Å². The van der Waals surface area contributed by atoms with Crippen LogP contribution in [0.5, 0.6) is 0 Å². The SMILES string of the molecule is O=C(OF)C(F)(F)C(F)(F)F.[KH]. The Balaban J connectivity index is 0. The second-order valence-electron chi connectivity index (χ2n) is 1.44. The number of hydrogen-bond acceptors (Lipinski definition) is 2. The van der Waals surface area contributed by atoms with Crippen molar-refractivity contribution >= 4 is 57.4 Å². The van der Waals surface area contributed by atoms with Gasteiger partial charge in [-0.3, -0.25) is 0 Å². The minimum atomic E-state index is -6.13.